The third-order valence-corrected chi connectivity index (χ3v) is 4.11. The van der Waals surface area contributed by atoms with Gasteiger partial charge >= 0.3 is 0 Å². The van der Waals surface area contributed by atoms with Crippen LogP contribution in [0.2, 0.25) is 0 Å². The van der Waals surface area contributed by atoms with Gasteiger partial charge in [-0.3, -0.25) is 5.10 Å². The molecule has 0 amide bonds. The molecular weight excluding hydrogens is 330 g/mol. The molecule has 0 saturated heterocycles. The number of nitrogens with one attached hydrogen (secondary N) is 1. The lowest BCUT2D eigenvalue weighted by Gasteiger charge is -2.07. The van der Waals surface area contributed by atoms with Crippen LogP contribution < -0.4 is 9.47 Å². The molecule has 2 aromatic heterocycles. The van der Waals surface area contributed by atoms with E-state index in [1.807, 2.05) is 19.1 Å². The van der Waals surface area contributed by atoms with E-state index in [1.165, 1.54) is 11.8 Å². The third kappa shape index (κ3) is 3.51. The van der Waals surface area contributed by atoms with Crippen molar-refractivity contribution >= 4 is 11.8 Å². The number of benzene rings is 1. The van der Waals surface area contributed by atoms with E-state index in [1.54, 1.807) is 20.3 Å². The number of aryl methyl sites for hydroxylation is 1. The molecule has 3 aromatic rings. The fraction of sp³-hybridized carbons (Fsp3) is 0.333. The topological polar surface area (TPSA) is 99.0 Å². The Bertz CT molecular complexity index is 817. The normalized spacial score (nSPS) is 10.8. The summed E-state index contributed by atoms with van der Waals surface area (Å²) >= 11 is 1.44. The van der Waals surface area contributed by atoms with E-state index in [2.05, 4.69) is 25.3 Å². The molecule has 24 heavy (non-hydrogen) atoms. The second-order valence-electron chi connectivity index (χ2n) is 4.79. The Morgan fingerprint density at radius 3 is 2.71 bits per heavy atom. The van der Waals surface area contributed by atoms with Crippen LogP contribution in [0.3, 0.4) is 0 Å². The van der Waals surface area contributed by atoms with Crippen LogP contribution in [0.4, 0.5) is 0 Å². The van der Waals surface area contributed by atoms with Crippen LogP contribution >= 0.6 is 11.8 Å². The van der Waals surface area contributed by atoms with Gasteiger partial charge in [-0.2, -0.15) is 4.98 Å². The van der Waals surface area contributed by atoms with Gasteiger partial charge in [0.15, 0.2) is 11.5 Å². The van der Waals surface area contributed by atoms with E-state index in [4.69, 9.17) is 14.0 Å². The minimum Gasteiger partial charge on any atom is -0.493 e. The second kappa shape index (κ2) is 7.35. The van der Waals surface area contributed by atoms with Gasteiger partial charge in [0.05, 0.1) is 20.0 Å². The number of rotatable bonds is 7. The second-order valence-corrected chi connectivity index (χ2v) is 5.73. The van der Waals surface area contributed by atoms with Crippen molar-refractivity contribution in [2.75, 3.05) is 14.2 Å². The number of hydrogen-bond donors (Lipinski definition) is 1. The minimum absolute atomic E-state index is 0.496. The zero-order valence-corrected chi connectivity index (χ0v) is 14.4. The molecule has 0 radical (unpaired) electrons. The Morgan fingerprint density at radius 1 is 1.17 bits per heavy atom. The van der Waals surface area contributed by atoms with Crippen LogP contribution in [0.5, 0.6) is 11.5 Å². The molecule has 1 N–H and O–H groups in total. The van der Waals surface area contributed by atoms with Gasteiger partial charge in [0.1, 0.15) is 5.82 Å². The lowest BCUT2D eigenvalue weighted by atomic mass is 10.2. The zero-order valence-electron chi connectivity index (χ0n) is 13.6. The Hall–Kier alpha value is -2.55. The van der Waals surface area contributed by atoms with E-state index in [0.29, 0.717) is 34.1 Å². The third-order valence-electron chi connectivity index (χ3n) is 3.28. The van der Waals surface area contributed by atoms with Crippen LogP contribution in [0.25, 0.3) is 11.4 Å². The van der Waals surface area contributed by atoms with Gasteiger partial charge in [0.25, 0.3) is 0 Å². The number of thioether (sulfide) groups is 1. The number of nitrogens with zero attached hydrogens (tertiary/aromatic N) is 4. The Labute approximate surface area is 143 Å². The molecule has 1 aromatic carbocycles. The first-order chi connectivity index (χ1) is 11.7. The van der Waals surface area contributed by atoms with Gasteiger partial charge in [-0.05, 0) is 18.2 Å². The number of H-pyrrole nitrogens is 1. The lowest BCUT2D eigenvalue weighted by Crippen LogP contribution is -1.91. The maximum atomic E-state index is 5.29. The largest absolute Gasteiger partial charge is 0.493 e. The fourth-order valence-electron chi connectivity index (χ4n) is 2.03. The molecule has 0 saturated carbocycles. The summed E-state index contributed by atoms with van der Waals surface area (Å²) in [5.74, 6) is 3.62. The molecular formula is C15H17N5O3S. The highest BCUT2D eigenvalue weighted by Gasteiger charge is 2.13. The highest BCUT2D eigenvalue weighted by Crippen LogP contribution is 2.31. The molecule has 0 atom stereocenters. The van der Waals surface area contributed by atoms with Crippen molar-refractivity contribution in [2.24, 2.45) is 0 Å². The van der Waals surface area contributed by atoms with Gasteiger partial charge < -0.3 is 14.0 Å². The molecule has 2 heterocycles. The van der Waals surface area contributed by atoms with E-state index in [9.17, 15) is 0 Å². The molecule has 9 heteroatoms. The molecule has 3 rings (SSSR count). The molecule has 0 spiro atoms. The summed E-state index contributed by atoms with van der Waals surface area (Å²) in [5, 5.41) is 11.7. The monoisotopic (exact) mass is 347 g/mol. The Morgan fingerprint density at radius 2 is 2.00 bits per heavy atom. The fourth-order valence-corrected chi connectivity index (χ4v) is 2.69. The van der Waals surface area contributed by atoms with Gasteiger partial charge in [-0.1, -0.05) is 23.8 Å². The highest BCUT2D eigenvalue weighted by atomic mass is 32.2. The van der Waals surface area contributed by atoms with Crippen molar-refractivity contribution in [3.8, 4) is 22.9 Å². The van der Waals surface area contributed by atoms with Gasteiger partial charge in [-0.15, -0.1) is 5.10 Å². The molecule has 0 aliphatic carbocycles. The van der Waals surface area contributed by atoms with Crippen LogP contribution in [0.15, 0.2) is 27.9 Å². The van der Waals surface area contributed by atoms with Crippen molar-refractivity contribution in [3.05, 3.63) is 29.9 Å². The van der Waals surface area contributed by atoms with Crippen LogP contribution in [0, 0.1) is 0 Å². The van der Waals surface area contributed by atoms with E-state index in [0.717, 1.165) is 17.8 Å². The zero-order chi connectivity index (χ0) is 16.9. The first-order valence-corrected chi connectivity index (χ1v) is 8.31. The Balaban J connectivity index is 1.71. The number of aromatic amines is 1. The van der Waals surface area contributed by atoms with Crippen molar-refractivity contribution in [3.63, 3.8) is 0 Å². The van der Waals surface area contributed by atoms with Crippen LogP contribution in [-0.4, -0.2) is 39.5 Å². The maximum absolute atomic E-state index is 5.29. The summed E-state index contributed by atoms with van der Waals surface area (Å²) < 4.78 is 15.8. The molecule has 8 nitrogen and oxygen atoms in total. The average molecular weight is 347 g/mol. The first-order valence-electron chi connectivity index (χ1n) is 7.32. The smallest absolute Gasteiger partial charge is 0.237 e. The minimum atomic E-state index is 0.496. The summed E-state index contributed by atoms with van der Waals surface area (Å²) in [7, 11) is 3.18. The van der Waals surface area contributed by atoms with E-state index >= 15 is 0 Å². The number of methoxy groups -OCH3 is 2. The average Bonchev–Trinajstić information content (AvgIpc) is 3.28. The van der Waals surface area contributed by atoms with Crippen molar-refractivity contribution in [1.29, 1.82) is 0 Å². The van der Waals surface area contributed by atoms with E-state index < -0.39 is 0 Å². The predicted molar refractivity (Wildman–Crippen MR) is 88.2 cm³/mol. The maximum Gasteiger partial charge on any atom is 0.237 e. The van der Waals surface area contributed by atoms with Gasteiger partial charge in [0.2, 0.25) is 16.9 Å². The standard InChI is InChI=1S/C15H17N5O3S/c1-4-12-16-15(19-18-12)24-8-13-17-14(20-23-13)9-5-6-10(21-2)11(7-9)22-3/h5-7H,4,8H2,1-3H3,(H,16,18,19). The van der Waals surface area contributed by atoms with Gasteiger partial charge in [0, 0.05) is 12.0 Å². The molecule has 0 fully saturated rings. The van der Waals surface area contributed by atoms with E-state index in [-0.39, 0.29) is 0 Å². The number of hydrogen-bond acceptors (Lipinski definition) is 8. The van der Waals surface area contributed by atoms with Crippen molar-refractivity contribution in [1.82, 2.24) is 25.3 Å². The highest BCUT2D eigenvalue weighted by molar-refractivity contribution is 7.98. The quantitative estimate of drug-likeness (QED) is 0.651. The van der Waals surface area contributed by atoms with Crippen molar-refractivity contribution < 1.29 is 14.0 Å². The summed E-state index contributed by atoms with van der Waals surface area (Å²) in [6, 6.07) is 5.47. The Kier molecular flexibility index (Phi) is 4.99. The SMILES string of the molecule is CCc1nc(SCc2nc(-c3ccc(OC)c(OC)c3)no2)n[nH]1. The first kappa shape index (κ1) is 16.3. The molecule has 0 unspecified atom stereocenters. The number of ether oxygens (including phenoxy) is 2. The summed E-state index contributed by atoms with van der Waals surface area (Å²) in [4.78, 5) is 8.72. The van der Waals surface area contributed by atoms with Crippen molar-refractivity contribution in [2.45, 2.75) is 24.3 Å². The molecule has 0 aliphatic heterocycles. The van der Waals surface area contributed by atoms with Crippen LogP contribution in [-0.2, 0) is 12.2 Å². The van der Waals surface area contributed by atoms with Crippen LogP contribution in [0.1, 0.15) is 18.6 Å². The molecule has 0 bridgehead atoms. The number of aromatic nitrogens is 5. The lowest BCUT2D eigenvalue weighted by molar-refractivity contribution is 0.355. The molecule has 126 valence electrons. The van der Waals surface area contributed by atoms with Gasteiger partial charge in [-0.25, -0.2) is 4.98 Å². The predicted octanol–water partition coefficient (Wildman–Crippen LogP) is 2.73. The molecule has 0 aliphatic rings. The summed E-state index contributed by atoms with van der Waals surface area (Å²) in [6.07, 6.45) is 0.817. The summed E-state index contributed by atoms with van der Waals surface area (Å²) in [6.45, 7) is 2.02. The summed E-state index contributed by atoms with van der Waals surface area (Å²) in [5.41, 5.74) is 0.791.